The Labute approximate surface area is 121 Å². The van der Waals surface area contributed by atoms with Gasteiger partial charge in [-0.3, -0.25) is 0 Å². The molecule has 0 spiro atoms. The Morgan fingerprint density at radius 2 is 1.85 bits per heavy atom. The molecule has 0 radical (unpaired) electrons. The van der Waals surface area contributed by atoms with Crippen LogP contribution in [0.2, 0.25) is 0 Å². The van der Waals surface area contributed by atoms with Crippen LogP contribution in [0.15, 0.2) is 29.2 Å². The molecule has 0 atom stereocenters. The Morgan fingerprint density at radius 3 is 2.30 bits per heavy atom. The van der Waals surface area contributed by atoms with Crippen LogP contribution < -0.4 is 10.5 Å². The molecule has 0 unspecified atom stereocenters. The Kier molecular flexibility index (Phi) is 4.52. The van der Waals surface area contributed by atoms with E-state index < -0.39 is 10.0 Å². The first-order chi connectivity index (χ1) is 9.39. The van der Waals surface area contributed by atoms with Crippen molar-refractivity contribution in [3.8, 4) is 0 Å². The number of nitrogens with two attached hydrogens (primary N) is 1. The van der Waals surface area contributed by atoms with Crippen LogP contribution in [0, 0.1) is 11.3 Å². The topological polar surface area (TPSA) is 72.2 Å². The van der Waals surface area contributed by atoms with Gasteiger partial charge in [0.2, 0.25) is 10.0 Å². The molecule has 1 aliphatic rings. The average Bonchev–Trinajstić information content (AvgIpc) is 3.19. The minimum absolute atomic E-state index is 0.173. The van der Waals surface area contributed by atoms with Crippen molar-refractivity contribution in [1.82, 2.24) is 4.72 Å². The first kappa shape index (κ1) is 15.5. The second-order valence-electron chi connectivity index (χ2n) is 6.02. The molecule has 5 heteroatoms. The fraction of sp³-hybridized carbons (Fsp3) is 0.600. The number of benzene rings is 1. The molecule has 4 nitrogen and oxygen atoms in total. The first-order valence-corrected chi connectivity index (χ1v) is 8.67. The Balaban J connectivity index is 2.03. The van der Waals surface area contributed by atoms with Crippen LogP contribution in [0.4, 0.5) is 0 Å². The van der Waals surface area contributed by atoms with E-state index >= 15 is 0 Å². The predicted octanol–water partition coefficient (Wildman–Crippen LogP) is 1.90. The summed E-state index contributed by atoms with van der Waals surface area (Å²) in [7, 11) is -3.40. The SMILES string of the molecule is CC(C)C1(CNS(=O)(=O)c2ccc(CCN)cc2)CC1. The van der Waals surface area contributed by atoms with Gasteiger partial charge in [0.15, 0.2) is 0 Å². The quantitative estimate of drug-likeness (QED) is 0.807. The molecule has 0 heterocycles. The molecule has 2 rings (SSSR count). The minimum Gasteiger partial charge on any atom is -0.330 e. The molecule has 0 aliphatic heterocycles. The normalized spacial score (nSPS) is 17.4. The molecule has 0 amide bonds. The van der Waals surface area contributed by atoms with Crippen molar-refractivity contribution in [2.24, 2.45) is 17.1 Å². The largest absolute Gasteiger partial charge is 0.330 e. The molecule has 1 aromatic rings. The van der Waals surface area contributed by atoms with Gasteiger partial charge in [-0.1, -0.05) is 26.0 Å². The number of nitrogens with one attached hydrogen (secondary N) is 1. The second-order valence-corrected chi connectivity index (χ2v) is 7.79. The average molecular weight is 296 g/mol. The zero-order chi connectivity index (χ0) is 14.8. The number of rotatable bonds is 7. The summed E-state index contributed by atoms with van der Waals surface area (Å²) in [6.45, 7) is 5.42. The van der Waals surface area contributed by atoms with Crippen LogP contribution in [0.25, 0.3) is 0 Å². The van der Waals surface area contributed by atoms with E-state index in [1.807, 2.05) is 12.1 Å². The number of sulfonamides is 1. The standard InChI is InChI=1S/C15H24N2O2S/c1-12(2)15(8-9-15)11-17-20(18,19)14-5-3-13(4-6-14)7-10-16/h3-6,12,17H,7-11,16H2,1-2H3. The van der Waals surface area contributed by atoms with Crippen molar-refractivity contribution < 1.29 is 8.42 Å². The molecular formula is C15H24N2O2S. The van der Waals surface area contributed by atoms with Crippen LogP contribution >= 0.6 is 0 Å². The van der Waals surface area contributed by atoms with E-state index in [2.05, 4.69) is 18.6 Å². The van der Waals surface area contributed by atoms with Crippen LogP contribution in [-0.4, -0.2) is 21.5 Å². The summed E-state index contributed by atoms with van der Waals surface area (Å²) in [5.74, 6) is 0.511. The third kappa shape index (κ3) is 3.40. The zero-order valence-corrected chi connectivity index (χ0v) is 13.0. The lowest BCUT2D eigenvalue weighted by Crippen LogP contribution is -2.32. The molecule has 1 aromatic carbocycles. The van der Waals surface area contributed by atoms with E-state index in [0.717, 1.165) is 24.8 Å². The molecule has 1 saturated carbocycles. The highest BCUT2D eigenvalue weighted by Crippen LogP contribution is 2.51. The second kappa shape index (κ2) is 5.84. The van der Waals surface area contributed by atoms with Crippen LogP contribution in [0.1, 0.15) is 32.3 Å². The van der Waals surface area contributed by atoms with Gasteiger partial charge in [-0.25, -0.2) is 13.1 Å². The highest BCUT2D eigenvalue weighted by atomic mass is 32.2. The van der Waals surface area contributed by atoms with Gasteiger partial charge in [-0.05, 0) is 54.8 Å². The van der Waals surface area contributed by atoms with Gasteiger partial charge < -0.3 is 5.73 Å². The molecule has 0 saturated heterocycles. The maximum absolute atomic E-state index is 12.3. The minimum atomic E-state index is -3.40. The van der Waals surface area contributed by atoms with Gasteiger partial charge in [0.05, 0.1) is 4.90 Å². The summed E-state index contributed by atoms with van der Waals surface area (Å²) in [5, 5.41) is 0. The maximum Gasteiger partial charge on any atom is 0.240 e. The molecule has 1 fully saturated rings. The summed E-state index contributed by atoms with van der Waals surface area (Å²) in [5.41, 5.74) is 6.72. The molecule has 0 aromatic heterocycles. The van der Waals surface area contributed by atoms with Gasteiger partial charge in [0, 0.05) is 6.54 Å². The van der Waals surface area contributed by atoms with Crippen LogP contribution in [-0.2, 0) is 16.4 Å². The van der Waals surface area contributed by atoms with Crippen molar-refractivity contribution >= 4 is 10.0 Å². The van der Waals surface area contributed by atoms with Crippen molar-refractivity contribution in [2.45, 2.75) is 38.0 Å². The van der Waals surface area contributed by atoms with Crippen molar-refractivity contribution in [2.75, 3.05) is 13.1 Å². The van der Waals surface area contributed by atoms with E-state index in [1.54, 1.807) is 12.1 Å². The molecule has 112 valence electrons. The Hall–Kier alpha value is -0.910. The van der Waals surface area contributed by atoms with Gasteiger partial charge in [0.1, 0.15) is 0 Å². The third-order valence-electron chi connectivity index (χ3n) is 4.40. The lowest BCUT2D eigenvalue weighted by Gasteiger charge is -2.20. The number of hydrogen-bond acceptors (Lipinski definition) is 3. The van der Waals surface area contributed by atoms with E-state index in [4.69, 9.17) is 5.73 Å². The summed E-state index contributed by atoms with van der Waals surface area (Å²) in [6.07, 6.45) is 3.00. The van der Waals surface area contributed by atoms with E-state index in [1.165, 1.54) is 0 Å². The smallest absolute Gasteiger partial charge is 0.240 e. The Bertz CT molecular complexity index is 546. The molecule has 0 bridgehead atoms. The van der Waals surface area contributed by atoms with Gasteiger partial charge in [-0.2, -0.15) is 0 Å². The molecular weight excluding hydrogens is 272 g/mol. The van der Waals surface area contributed by atoms with Crippen molar-refractivity contribution in [1.29, 1.82) is 0 Å². The maximum atomic E-state index is 12.3. The molecule has 3 N–H and O–H groups in total. The summed E-state index contributed by atoms with van der Waals surface area (Å²) in [4.78, 5) is 0.331. The highest BCUT2D eigenvalue weighted by Gasteiger charge is 2.45. The van der Waals surface area contributed by atoms with E-state index in [-0.39, 0.29) is 5.41 Å². The summed E-state index contributed by atoms with van der Waals surface area (Å²) in [6, 6.07) is 6.97. The van der Waals surface area contributed by atoms with Crippen molar-refractivity contribution in [3.05, 3.63) is 29.8 Å². The monoisotopic (exact) mass is 296 g/mol. The van der Waals surface area contributed by atoms with Crippen LogP contribution in [0.3, 0.4) is 0 Å². The third-order valence-corrected chi connectivity index (χ3v) is 5.82. The summed E-state index contributed by atoms with van der Waals surface area (Å²) < 4.78 is 27.3. The Morgan fingerprint density at radius 1 is 1.25 bits per heavy atom. The van der Waals surface area contributed by atoms with Gasteiger partial charge in [-0.15, -0.1) is 0 Å². The lowest BCUT2D eigenvalue weighted by molar-refractivity contribution is 0.357. The lowest BCUT2D eigenvalue weighted by atomic mass is 9.93. The van der Waals surface area contributed by atoms with Gasteiger partial charge in [0.25, 0.3) is 0 Å². The fourth-order valence-corrected chi connectivity index (χ4v) is 3.58. The van der Waals surface area contributed by atoms with E-state index in [0.29, 0.717) is 23.9 Å². The zero-order valence-electron chi connectivity index (χ0n) is 12.2. The molecule has 20 heavy (non-hydrogen) atoms. The summed E-state index contributed by atoms with van der Waals surface area (Å²) >= 11 is 0. The fourth-order valence-electron chi connectivity index (χ4n) is 2.44. The van der Waals surface area contributed by atoms with Crippen molar-refractivity contribution in [3.63, 3.8) is 0 Å². The van der Waals surface area contributed by atoms with E-state index in [9.17, 15) is 8.42 Å². The molecule has 1 aliphatic carbocycles. The van der Waals surface area contributed by atoms with Gasteiger partial charge >= 0.3 is 0 Å². The number of hydrogen-bond donors (Lipinski definition) is 2. The predicted molar refractivity (Wildman–Crippen MR) is 80.9 cm³/mol. The van der Waals surface area contributed by atoms with Crippen LogP contribution in [0.5, 0.6) is 0 Å². The highest BCUT2D eigenvalue weighted by molar-refractivity contribution is 7.89. The first-order valence-electron chi connectivity index (χ1n) is 7.18.